The van der Waals surface area contributed by atoms with Gasteiger partial charge in [0.25, 0.3) is 0 Å². The molecule has 2 heterocycles. The molecule has 0 unspecified atom stereocenters. The first-order valence-corrected chi connectivity index (χ1v) is 48.5. The molecule has 0 saturated heterocycles. The number of carboxylic acid groups (broad SMARTS) is 1. The highest BCUT2D eigenvalue weighted by Gasteiger charge is 2.40. The van der Waals surface area contributed by atoms with Gasteiger partial charge < -0.3 is 160 Å². The van der Waals surface area contributed by atoms with E-state index in [1.807, 2.05) is 0 Å². The molecule has 0 spiro atoms. The Hall–Kier alpha value is -14.9. The molecule has 3 rings (SSSR count). The summed E-state index contributed by atoms with van der Waals surface area (Å²) in [5, 5.41) is 107. The van der Waals surface area contributed by atoms with Crippen molar-refractivity contribution in [2.45, 2.75) is 290 Å². The number of guanidine groups is 3. The maximum Gasteiger partial charge on any atom is 0.326 e. The lowest BCUT2D eigenvalue weighted by Gasteiger charge is -2.30. The Morgan fingerprint density at radius 1 is 0.329 bits per heavy atom. The average molecular weight is 2060 g/mol. The number of hydrogen-bond acceptors (Lipinski definition) is 27. The number of nitrogens with one attached hydrogen (secondary N) is 26. The average Bonchev–Trinajstić information content (AvgIpc) is 1.07. The number of nitrogens with two attached hydrogens (primary N) is 4. The highest BCUT2D eigenvalue weighted by atomic mass is 16.4. The number of amides is 18. The van der Waals surface area contributed by atoms with Crippen LogP contribution in [0.25, 0.3) is 0 Å². The number of aromatic nitrogens is 4. The van der Waals surface area contributed by atoms with E-state index in [1.54, 1.807) is 83.1 Å². The van der Waals surface area contributed by atoms with Crippen molar-refractivity contribution in [3.63, 3.8) is 0 Å². The topological polar surface area (TPSA) is 871 Å². The molecule has 2 aromatic heterocycles. The number of carbonyl (C=O) groups excluding carboxylic acids is 18. The molecule has 146 heavy (non-hydrogen) atoms. The van der Waals surface area contributed by atoms with E-state index in [1.165, 1.54) is 70.1 Å². The zero-order valence-corrected chi connectivity index (χ0v) is 85.5. The van der Waals surface area contributed by atoms with Crippen LogP contribution in [0.5, 0.6) is 5.75 Å². The van der Waals surface area contributed by atoms with E-state index >= 15 is 0 Å². The number of imidazole rings is 2. The number of phenols is 1. The molecule has 0 aliphatic carbocycles. The van der Waals surface area contributed by atoms with Crippen LogP contribution in [0.4, 0.5) is 0 Å². The van der Waals surface area contributed by atoms with Gasteiger partial charge in [-0.2, -0.15) is 0 Å². The minimum Gasteiger partial charge on any atom is -0.508 e. The molecule has 54 nitrogen and oxygen atoms in total. The van der Waals surface area contributed by atoms with Crippen molar-refractivity contribution in [3.05, 3.63) is 66.3 Å². The number of aliphatic hydroxyl groups is 1. The van der Waals surface area contributed by atoms with Crippen LogP contribution in [0.1, 0.15) is 191 Å². The predicted molar refractivity (Wildman–Crippen MR) is 534 cm³/mol. The quantitative estimate of drug-likeness (QED) is 0.0142. The second-order valence-corrected chi connectivity index (χ2v) is 38.0. The van der Waals surface area contributed by atoms with Gasteiger partial charge in [-0.3, -0.25) is 103 Å². The fourth-order valence-electron chi connectivity index (χ4n) is 14.6. The van der Waals surface area contributed by atoms with Crippen LogP contribution in [0.2, 0.25) is 0 Å². The van der Waals surface area contributed by atoms with Gasteiger partial charge in [0.05, 0.1) is 50.3 Å². The Balaban J connectivity index is 1.80. The number of aliphatic hydroxyl groups excluding tert-OH is 1. The van der Waals surface area contributed by atoms with Crippen molar-refractivity contribution in [1.82, 2.24) is 132 Å². The van der Waals surface area contributed by atoms with E-state index in [4.69, 9.17) is 39.2 Å². The number of hydrogen-bond donors (Lipinski definition) is 33. The summed E-state index contributed by atoms with van der Waals surface area (Å²) in [4.78, 5) is 278. The minimum absolute atomic E-state index is 0.0160. The second kappa shape index (κ2) is 64.7. The number of carboxylic acids is 1. The molecule has 1 aromatic carbocycles. The fourth-order valence-corrected chi connectivity index (χ4v) is 14.6. The van der Waals surface area contributed by atoms with E-state index in [0.717, 1.165) is 0 Å². The van der Waals surface area contributed by atoms with Crippen molar-refractivity contribution in [1.29, 1.82) is 16.2 Å². The lowest BCUT2D eigenvalue weighted by atomic mass is 9.97. The van der Waals surface area contributed by atoms with Gasteiger partial charge in [-0.15, -0.1) is 0 Å². The first-order valence-electron chi connectivity index (χ1n) is 48.5. The number of aromatic amines is 2. The molecule has 0 saturated carbocycles. The summed E-state index contributed by atoms with van der Waals surface area (Å²) in [5.41, 5.74) is 22.8. The highest BCUT2D eigenvalue weighted by Crippen LogP contribution is 2.19. The van der Waals surface area contributed by atoms with E-state index in [0.29, 0.717) is 17.0 Å². The lowest BCUT2D eigenvalue weighted by Crippen LogP contribution is -2.61. The Labute approximate surface area is 847 Å². The van der Waals surface area contributed by atoms with Gasteiger partial charge in [0, 0.05) is 51.3 Å². The normalized spacial score (nSPS) is 14.5. The molecule has 0 aliphatic heterocycles. The van der Waals surface area contributed by atoms with Crippen LogP contribution >= 0.6 is 0 Å². The number of aromatic hydroxyl groups is 1. The summed E-state index contributed by atoms with van der Waals surface area (Å²) in [5.74, 6) is -21.0. The molecule has 0 fully saturated rings. The Morgan fingerprint density at radius 2 is 0.616 bits per heavy atom. The van der Waals surface area contributed by atoms with Gasteiger partial charge >= 0.3 is 5.97 Å². The SMILES string of the molecule is CC(C)C[C@H](NC(=O)CNC(=O)[C@H](C)NC(=O)[C@H](C)NC(=O)[C@H](C)NC(=O)[C@H](CCCNC(=N)N)NC(=O)[C@H](CC(C)C)NC(=O)[C@@H](NC(=O)[C@H](CC(C)C)NC(=O)[C@H](CC(C)C)NC(=O)[C@H](CO)NC(=O)[C@H](CCCNC(=N)N)NC(=O)CNC(=O)CN)C(C)C)C(=O)N[C@@H](Cc1ccc(O)cc1)C(=O)N[C@@H](CCCNC(=N)N)C(=O)N[C@@H](CC(C)C)C(=O)N[C@@H](Cc1c[nH]cn1)C(=O)N[C@@H](Cc1c[nH]cn1)C(=O)O. The molecule has 37 N–H and O–H groups in total. The summed E-state index contributed by atoms with van der Waals surface area (Å²) in [7, 11) is 0. The highest BCUT2D eigenvalue weighted by molar-refractivity contribution is 6.02. The molecule has 0 aliphatic rings. The standard InChI is InChI=1S/C92H154N32O22/c1-45(2)29-61(80(136)119-66(34-54-22-24-57(126)25-23-54)84(140)115-60(21-18-28-104-92(98)99)79(135)116-62(30-46(3)4)83(139)120-67(35-55-38-100-43-107-55)85(141)122-68(89(145)146)36-56-39-101-44-108-56)113-72(129)41-106-74(130)51(13)109-75(131)52(14)110-76(132)53(15)111-77(133)59(20-17-27-103-91(96)97)114-81(137)64(32-48(7)8)121-88(144)73(50(11)12)124-86(142)65(33-49(9)10)117-82(138)63(31-47(5)6)118-87(143)69(42-125)123-78(134)58(19-16-26-102-90(94)95)112-71(128)40-105-70(127)37-93/h22-25,38-39,43-53,58-69,73,125-126H,16-21,26-37,40-42,93H2,1-15H3,(H,100,107)(H,101,108)(H,105,127)(H,106,130)(H,109,131)(H,110,132)(H,111,133)(H,112,128)(H,113,129)(H,114,137)(H,115,140)(H,116,135)(H,117,138)(H,118,143)(H,119,136)(H,120,139)(H,121,144)(H,122,141)(H,123,134)(H,124,142)(H,145,146)(H4,94,95,102)(H4,96,97,103)(H4,98,99,104)/t51-,52-,53-,58-,59-,60-,61-,62-,63-,64-,65-,66-,67-,68-,69-,73-/m0/s1. The number of aliphatic carboxylic acids is 1. The van der Waals surface area contributed by atoms with E-state index in [-0.39, 0.29) is 151 Å². The Bertz CT molecular complexity index is 4830. The zero-order valence-electron chi connectivity index (χ0n) is 85.5. The number of phenolic OH excluding ortho intramolecular Hbond substituents is 1. The number of benzene rings is 1. The van der Waals surface area contributed by atoms with Crippen LogP contribution in [-0.2, 0) is 110 Å². The molecular weight excluding hydrogens is 1910 g/mol. The summed E-state index contributed by atoms with van der Waals surface area (Å²) in [6, 6.07) is -17.6. The largest absolute Gasteiger partial charge is 0.508 e. The summed E-state index contributed by atoms with van der Waals surface area (Å²) in [6.45, 7) is 21.7. The molecular formula is C92H154N32O22. The van der Waals surface area contributed by atoms with Crippen LogP contribution < -0.4 is 135 Å². The van der Waals surface area contributed by atoms with Gasteiger partial charge in [0.15, 0.2) is 17.9 Å². The van der Waals surface area contributed by atoms with Crippen molar-refractivity contribution in [3.8, 4) is 5.75 Å². The van der Waals surface area contributed by atoms with Crippen LogP contribution in [0.15, 0.2) is 49.3 Å². The predicted octanol–water partition coefficient (Wildman–Crippen LogP) is -7.37. The lowest BCUT2D eigenvalue weighted by molar-refractivity contribution is -0.142. The van der Waals surface area contributed by atoms with Gasteiger partial charge in [-0.05, 0) is 145 Å². The van der Waals surface area contributed by atoms with Gasteiger partial charge in [0.1, 0.15) is 102 Å². The van der Waals surface area contributed by atoms with Gasteiger partial charge in [-0.1, -0.05) is 95.2 Å². The number of rotatable bonds is 67. The Kier molecular flexibility index (Phi) is 55.5. The van der Waals surface area contributed by atoms with E-state index in [9.17, 15) is 106 Å². The Morgan fingerprint density at radius 3 is 0.973 bits per heavy atom. The first kappa shape index (κ1) is 125. The van der Waals surface area contributed by atoms with Gasteiger partial charge in [0.2, 0.25) is 106 Å². The summed E-state index contributed by atoms with van der Waals surface area (Å²) >= 11 is 0. The molecule has 3 aromatic rings. The summed E-state index contributed by atoms with van der Waals surface area (Å²) < 4.78 is 0. The maximum absolute atomic E-state index is 14.8. The third kappa shape index (κ3) is 48.9. The van der Waals surface area contributed by atoms with Crippen LogP contribution in [0, 0.1) is 51.7 Å². The van der Waals surface area contributed by atoms with Crippen molar-refractivity contribution in [2.24, 2.45) is 58.4 Å². The maximum atomic E-state index is 14.8. The van der Waals surface area contributed by atoms with Crippen molar-refractivity contribution < 1.29 is 106 Å². The monoisotopic (exact) mass is 2060 g/mol. The van der Waals surface area contributed by atoms with Crippen molar-refractivity contribution >= 4 is 130 Å². The minimum atomic E-state index is -1.71. The van der Waals surface area contributed by atoms with Crippen LogP contribution in [0.3, 0.4) is 0 Å². The third-order valence-electron chi connectivity index (χ3n) is 22.2. The molecule has 814 valence electrons. The second-order valence-electron chi connectivity index (χ2n) is 38.0. The third-order valence-corrected chi connectivity index (χ3v) is 22.2. The molecule has 0 bridgehead atoms. The number of H-pyrrole nitrogens is 2. The molecule has 54 heteroatoms. The van der Waals surface area contributed by atoms with E-state index < -0.39 is 253 Å². The number of carbonyl (C=O) groups is 19. The zero-order chi connectivity index (χ0) is 110. The molecule has 18 amide bonds. The van der Waals surface area contributed by atoms with E-state index in [2.05, 4.69) is 132 Å². The number of nitrogens with zero attached hydrogens (tertiary/aromatic N) is 2. The van der Waals surface area contributed by atoms with Crippen molar-refractivity contribution in [2.75, 3.05) is 45.9 Å². The molecule has 0 radical (unpaired) electrons. The smallest absolute Gasteiger partial charge is 0.326 e. The van der Waals surface area contributed by atoms with Gasteiger partial charge in [-0.25, -0.2) is 14.8 Å². The first-order chi connectivity index (χ1) is 68.6. The summed E-state index contributed by atoms with van der Waals surface area (Å²) in [6.07, 6.45) is 4.52. The fraction of sp³-hybridized carbons (Fsp3) is 0.630. The van der Waals surface area contributed by atoms with Crippen LogP contribution in [-0.4, -0.2) is 308 Å². The molecule has 16 atom stereocenters.